The van der Waals surface area contributed by atoms with E-state index in [0.717, 1.165) is 57.4 Å². The van der Waals surface area contributed by atoms with Gasteiger partial charge in [-0.2, -0.15) is 0 Å². The van der Waals surface area contributed by atoms with Crippen LogP contribution in [0.25, 0.3) is 33.4 Å². The molecule has 2 heterocycles. The number of benzene rings is 4. The number of aromatic nitrogens is 6. The molecule has 4 aromatic carbocycles. The van der Waals surface area contributed by atoms with Crippen LogP contribution in [0.5, 0.6) is 11.5 Å². The zero-order valence-electron chi connectivity index (χ0n) is 34.5. The molecular weight excluding hydrogens is 681 g/mol. The second-order valence-electron chi connectivity index (χ2n) is 18.5. The van der Waals surface area contributed by atoms with E-state index in [9.17, 15) is 0 Å². The molecule has 0 radical (unpaired) electrons. The molecule has 0 bridgehead atoms. The summed E-state index contributed by atoms with van der Waals surface area (Å²) in [6.45, 7) is 31.7. The van der Waals surface area contributed by atoms with Crippen molar-refractivity contribution in [2.24, 2.45) is 10.8 Å². The molecule has 55 heavy (non-hydrogen) atoms. The minimum Gasteiger partial charge on any atom is -0.487 e. The largest absolute Gasteiger partial charge is 0.487 e. The summed E-state index contributed by atoms with van der Waals surface area (Å²) in [7, 11) is 0. The summed E-state index contributed by atoms with van der Waals surface area (Å²) in [4.78, 5) is 3.46. The summed E-state index contributed by atoms with van der Waals surface area (Å²) in [5.41, 5.74) is 8.99. The Labute approximate surface area is 327 Å². The van der Waals surface area contributed by atoms with E-state index in [0.29, 0.717) is 31.1 Å². The minimum atomic E-state index is -0.186. The molecule has 0 N–H and O–H groups in total. The molecule has 0 aliphatic carbocycles. The first-order valence-electron chi connectivity index (χ1n) is 19.3. The van der Waals surface area contributed by atoms with Crippen molar-refractivity contribution in [3.8, 4) is 22.9 Å². The Hall–Kier alpha value is -5.24. The van der Waals surface area contributed by atoms with Crippen LogP contribution < -0.4 is 9.47 Å². The Bertz CT molecular complexity index is 2100. The summed E-state index contributed by atoms with van der Waals surface area (Å²) in [5.74, 6) is 1.41. The zero-order valence-corrected chi connectivity index (χ0v) is 34.5. The molecule has 288 valence electrons. The molecule has 0 atom stereocenters. The van der Waals surface area contributed by atoms with Crippen molar-refractivity contribution in [3.05, 3.63) is 120 Å². The minimum absolute atomic E-state index is 0.0916. The SMILES string of the molecule is C=CCOc1c(Cc2cc(C(C)(C)CC(C)(C)C)cc(-n3nc4ccccc4n3)c2OCC=C)cc(C(C)(C)CC(C)(C)C)cc1-n1nc2ccccc2n1. The van der Waals surface area contributed by atoms with Gasteiger partial charge in [-0.05, 0) is 82.0 Å². The average molecular weight is 739 g/mol. The highest BCUT2D eigenvalue weighted by Gasteiger charge is 2.33. The predicted octanol–water partition coefficient (Wildman–Crippen LogP) is 11.3. The van der Waals surface area contributed by atoms with Gasteiger partial charge in [-0.1, -0.05) is 131 Å². The van der Waals surface area contributed by atoms with Gasteiger partial charge in [0.1, 0.15) is 46.7 Å². The molecule has 6 aromatic rings. The summed E-state index contributed by atoms with van der Waals surface area (Å²) in [6.07, 6.45) is 5.98. The van der Waals surface area contributed by atoms with Crippen LogP contribution in [0, 0.1) is 10.8 Å². The van der Waals surface area contributed by atoms with Gasteiger partial charge in [-0.3, -0.25) is 0 Å². The van der Waals surface area contributed by atoms with Crippen LogP contribution in [0.4, 0.5) is 0 Å². The van der Waals surface area contributed by atoms with Crippen LogP contribution in [-0.4, -0.2) is 43.2 Å². The zero-order chi connectivity index (χ0) is 39.8. The van der Waals surface area contributed by atoms with Gasteiger partial charge in [0.15, 0.2) is 11.5 Å². The summed E-state index contributed by atoms with van der Waals surface area (Å²) >= 11 is 0. The molecule has 0 saturated carbocycles. The number of ether oxygens (including phenoxy) is 2. The first kappa shape index (κ1) is 39.5. The topological polar surface area (TPSA) is 79.9 Å². The highest BCUT2D eigenvalue weighted by molar-refractivity contribution is 5.75. The number of hydrogen-bond donors (Lipinski definition) is 0. The second kappa shape index (κ2) is 15.1. The monoisotopic (exact) mass is 738 g/mol. The van der Waals surface area contributed by atoms with E-state index in [1.54, 1.807) is 21.7 Å². The highest BCUT2D eigenvalue weighted by atomic mass is 16.5. The standard InChI is InChI=1S/C47H58N6O2/c1-13-23-54-42-32(26-34(46(9,10)30-44(3,4)5)28-40(42)52-48-36-19-15-16-20-37(36)49-52)25-33-27-35(47(11,12)31-45(6,7)8)29-41(43(33)55-24-14-2)53-50-38-21-17-18-22-39(38)51-53/h13-22,26-29H,1-2,23-25,30-31H2,3-12H3. The number of rotatable bonds is 14. The van der Waals surface area contributed by atoms with Crippen LogP contribution in [0.3, 0.4) is 0 Å². The van der Waals surface area contributed by atoms with E-state index in [4.69, 9.17) is 29.9 Å². The number of hydrogen-bond acceptors (Lipinski definition) is 6. The van der Waals surface area contributed by atoms with Crippen molar-refractivity contribution in [1.82, 2.24) is 30.0 Å². The molecule has 0 aliphatic heterocycles. The average Bonchev–Trinajstić information content (AvgIpc) is 3.72. The lowest BCUT2D eigenvalue weighted by Crippen LogP contribution is -2.26. The first-order valence-corrected chi connectivity index (χ1v) is 19.3. The lowest BCUT2D eigenvalue weighted by molar-refractivity contribution is 0.283. The van der Waals surface area contributed by atoms with Crippen molar-refractivity contribution in [3.63, 3.8) is 0 Å². The summed E-state index contributed by atoms with van der Waals surface area (Å²) in [5, 5.41) is 19.8. The molecule has 6 rings (SSSR count). The Kier molecular flexibility index (Phi) is 10.8. The molecule has 0 aliphatic rings. The Morgan fingerprint density at radius 3 is 1.15 bits per heavy atom. The van der Waals surface area contributed by atoms with Crippen LogP contribution in [0.15, 0.2) is 98.1 Å². The van der Waals surface area contributed by atoms with E-state index in [-0.39, 0.29) is 21.7 Å². The molecule has 8 nitrogen and oxygen atoms in total. The quantitative estimate of drug-likeness (QED) is 0.104. The van der Waals surface area contributed by atoms with Crippen molar-refractivity contribution in [2.75, 3.05) is 13.2 Å². The fourth-order valence-corrected chi connectivity index (χ4v) is 8.30. The Morgan fingerprint density at radius 2 is 0.855 bits per heavy atom. The summed E-state index contributed by atoms with van der Waals surface area (Å²) in [6, 6.07) is 24.9. The first-order chi connectivity index (χ1) is 25.9. The third-order valence-corrected chi connectivity index (χ3v) is 9.88. The van der Waals surface area contributed by atoms with Crippen LogP contribution in [0.2, 0.25) is 0 Å². The van der Waals surface area contributed by atoms with Crippen molar-refractivity contribution < 1.29 is 9.47 Å². The summed E-state index contributed by atoms with van der Waals surface area (Å²) < 4.78 is 13.3. The molecule has 0 amide bonds. The highest BCUT2D eigenvalue weighted by Crippen LogP contribution is 2.44. The van der Waals surface area contributed by atoms with E-state index in [1.165, 1.54) is 11.1 Å². The smallest absolute Gasteiger partial charge is 0.150 e. The van der Waals surface area contributed by atoms with Gasteiger partial charge in [-0.15, -0.1) is 30.0 Å². The van der Waals surface area contributed by atoms with Crippen LogP contribution in [0.1, 0.15) is 104 Å². The van der Waals surface area contributed by atoms with Gasteiger partial charge >= 0.3 is 0 Å². The second-order valence-corrected chi connectivity index (χ2v) is 18.5. The van der Waals surface area contributed by atoms with Crippen molar-refractivity contribution in [2.45, 2.75) is 99.3 Å². The van der Waals surface area contributed by atoms with E-state index in [2.05, 4.69) is 107 Å². The van der Waals surface area contributed by atoms with E-state index in [1.807, 2.05) is 48.5 Å². The normalized spacial score (nSPS) is 12.7. The molecule has 0 spiro atoms. The fourth-order valence-electron chi connectivity index (χ4n) is 8.30. The maximum atomic E-state index is 6.64. The Balaban J connectivity index is 1.65. The van der Waals surface area contributed by atoms with Gasteiger partial charge in [0, 0.05) is 17.5 Å². The molecule has 2 aromatic heterocycles. The van der Waals surface area contributed by atoms with Gasteiger partial charge < -0.3 is 9.47 Å². The molecule has 0 unspecified atom stereocenters. The third kappa shape index (κ3) is 9.01. The maximum absolute atomic E-state index is 6.64. The third-order valence-electron chi connectivity index (χ3n) is 9.88. The lowest BCUT2D eigenvalue weighted by Gasteiger charge is -2.34. The number of fused-ring (bicyclic) bond motifs is 2. The van der Waals surface area contributed by atoms with Crippen LogP contribution in [-0.2, 0) is 17.3 Å². The van der Waals surface area contributed by atoms with Gasteiger partial charge in [0.25, 0.3) is 0 Å². The van der Waals surface area contributed by atoms with Gasteiger partial charge in [0.05, 0.1) is 0 Å². The van der Waals surface area contributed by atoms with E-state index < -0.39 is 0 Å². The molecule has 8 heteroatoms. The predicted molar refractivity (Wildman–Crippen MR) is 226 cm³/mol. The van der Waals surface area contributed by atoms with Crippen molar-refractivity contribution >= 4 is 22.1 Å². The van der Waals surface area contributed by atoms with Crippen LogP contribution >= 0.6 is 0 Å². The van der Waals surface area contributed by atoms with E-state index >= 15 is 0 Å². The number of nitrogens with zero attached hydrogens (tertiary/aromatic N) is 6. The fraction of sp³-hybridized carbons (Fsp3) is 0.404. The van der Waals surface area contributed by atoms with Gasteiger partial charge in [0.2, 0.25) is 0 Å². The van der Waals surface area contributed by atoms with Crippen molar-refractivity contribution in [1.29, 1.82) is 0 Å². The Morgan fingerprint density at radius 1 is 0.527 bits per heavy atom. The molecule has 0 saturated heterocycles. The lowest BCUT2D eigenvalue weighted by atomic mass is 9.71. The molecule has 0 fully saturated rings. The van der Waals surface area contributed by atoms with Gasteiger partial charge in [-0.25, -0.2) is 0 Å². The maximum Gasteiger partial charge on any atom is 0.150 e. The molecular formula is C47H58N6O2.